The molecule has 0 unspecified atom stereocenters. The van der Waals surface area contributed by atoms with Crippen molar-refractivity contribution in [2.75, 3.05) is 0 Å². The van der Waals surface area contributed by atoms with Crippen LogP contribution < -0.4 is 0 Å². The third-order valence-corrected chi connectivity index (χ3v) is 3.82. The van der Waals surface area contributed by atoms with E-state index in [1.54, 1.807) is 5.57 Å². The summed E-state index contributed by atoms with van der Waals surface area (Å²) >= 11 is 5.41. The summed E-state index contributed by atoms with van der Waals surface area (Å²) in [5.41, 5.74) is 3.57. The molecule has 13 heavy (non-hydrogen) atoms. The molecule has 0 aromatic heterocycles. The first kappa shape index (κ1) is 9.33. The molecule has 0 aromatic carbocycles. The van der Waals surface area contributed by atoms with Crippen LogP contribution in [0.5, 0.6) is 0 Å². The second-order valence-corrected chi connectivity index (χ2v) is 5.49. The second-order valence-electron chi connectivity index (χ2n) is 5.05. The molecule has 0 aliphatic heterocycles. The molecule has 0 N–H and O–H groups in total. The van der Waals surface area contributed by atoms with Crippen LogP contribution in [0, 0.1) is 22.9 Å². The largest absolute Gasteiger partial charge is 0.225 e. The van der Waals surface area contributed by atoms with Gasteiger partial charge in [-0.1, -0.05) is 19.4 Å². The lowest BCUT2D eigenvalue weighted by Crippen LogP contribution is -2.03. The predicted octanol–water partition coefficient (Wildman–Crippen LogP) is 3.31. The molecule has 0 aromatic rings. The molecule has 0 amide bonds. The van der Waals surface area contributed by atoms with E-state index in [2.05, 4.69) is 26.8 Å². The van der Waals surface area contributed by atoms with Crippen LogP contribution in [0.4, 0.5) is 0 Å². The molecule has 0 spiro atoms. The Hall–Kier alpha value is -0.230. The van der Waals surface area contributed by atoms with Crippen LogP contribution in [0.2, 0.25) is 0 Å². The number of halogens is 1. The van der Waals surface area contributed by atoms with E-state index < -0.39 is 0 Å². The lowest BCUT2D eigenvalue weighted by atomic mass is 9.92. The van der Waals surface area contributed by atoms with Crippen molar-refractivity contribution in [2.45, 2.75) is 40.0 Å². The van der Waals surface area contributed by atoms with Gasteiger partial charge in [0.25, 0.3) is 0 Å². The Kier molecular flexibility index (Phi) is 2.07. The number of hydrogen-bond acceptors (Lipinski definition) is 0. The fraction of sp³-hybridized carbons (Fsp3) is 0.667. The highest BCUT2D eigenvalue weighted by molar-refractivity contribution is 5.39. The molecule has 1 atom stereocenters. The minimum absolute atomic E-state index is 0.520. The third-order valence-electron chi connectivity index (χ3n) is 3.44. The van der Waals surface area contributed by atoms with Gasteiger partial charge < -0.3 is 0 Å². The Bertz CT molecular complexity index is 294. The second kappa shape index (κ2) is 2.88. The zero-order valence-electron chi connectivity index (χ0n) is 8.68. The number of hydrogen-bond donors (Lipinski definition) is 0. The normalized spacial score (nSPS) is 31.7. The minimum Gasteiger partial charge on any atom is -0.0638 e. The highest BCUT2D eigenvalue weighted by Gasteiger charge is 2.50. The number of rotatable bonds is 1. The smallest absolute Gasteiger partial charge is 0.0638 e. The molecule has 0 radical (unpaired) electrons. The molecule has 1 saturated carbocycles. The van der Waals surface area contributed by atoms with Crippen LogP contribution >= 0.6 is 0 Å². The van der Waals surface area contributed by atoms with Crippen molar-refractivity contribution in [1.82, 2.24) is 0 Å². The van der Waals surface area contributed by atoms with Crippen molar-refractivity contribution in [1.29, 1.82) is 0 Å². The summed E-state index contributed by atoms with van der Waals surface area (Å²) in [6, 6.07) is 0. The van der Waals surface area contributed by atoms with Crippen molar-refractivity contribution < 1.29 is 11.6 Å². The van der Waals surface area contributed by atoms with Gasteiger partial charge in [-0.25, -0.2) is 0 Å². The molecule has 72 valence electrons. The van der Waals surface area contributed by atoms with Crippen LogP contribution in [0.15, 0.2) is 22.3 Å². The molecular formula is C12H18Cl+. The van der Waals surface area contributed by atoms with Gasteiger partial charge >= 0.3 is 0 Å². The van der Waals surface area contributed by atoms with Crippen molar-refractivity contribution in [3.63, 3.8) is 0 Å². The summed E-state index contributed by atoms with van der Waals surface area (Å²) in [6.07, 6.45) is 5.93. The van der Waals surface area contributed by atoms with Gasteiger partial charge in [-0.05, 0) is 43.6 Å². The van der Waals surface area contributed by atoms with Gasteiger partial charge in [-0.3, -0.25) is 0 Å². The molecular weight excluding hydrogens is 180 g/mol. The SMILES string of the molecule is CC1=C([C@@H]2CC2(C)C)C([ClH+])=CCC1. The van der Waals surface area contributed by atoms with E-state index in [1.165, 1.54) is 18.4 Å². The Balaban J connectivity index is 2.27. The Morgan fingerprint density at radius 2 is 2.08 bits per heavy atom. The first-order valence-corrected chi connectivity index (χ1v) is 5.50. The van der Waals surface area contributed by atoms with E-state index in [4.69, 9.17) is 11.6 Å². The van der Waals surface area contributed by atoms with Crippen molar-refractivity contribution >= 4 is 0 Å². The molecule has 2 rings (SSSR count). The maximum Gasteiger partial charge on any atom is 0.225 e. The van der Waals surface area contributed by atoms with Gasteiger partial charge in [0.15, 0.2) is 11.6 Å². The highest BCUT2D eigenvalue weighted by atomic mass is 35.5. The molecule has 0 heterocycles. The topological polar surface area (TPSA) is 0 Å². The first-order valence-electron chi connectivity index (χ1n) is 5.09. The fourth-order valence-corrected chi connectivity index (χ4v) is 2.74. The minimum atomic E-state index is 0.520. The van der Waals surface area contributed by atoms with Gasteiger partial charge in [0.1, 0.15) is 0 Å². The lowest BCUT2D eigenvalue weighted by Gasteiger charge is -2.13. The van der Waals surface area contributed by atoms with Crippen LogP contribution in [0.1, 0.15) is 40.0 Å². The Labute approximate surface area is 85.7 Å². The van der Waals surface area contributed by atoms with E-state index >= 15 is 0 Å². The quantitative estimate of drug-likeness (QED) is 0.605. The summed E-state index contributed by atoms with van der Waals surface area (Å²) in [5.74, 6) is 0.761. The van der Waals surface area contributed by atoms with E-state index in [0.717, 1.165) is 17.4 Å². The molecule has 1 fully saturated rings. The molecule has 2 aliphatic rings. The molecule has 0 bridgehead atoms. The van der Waals surface area contributed by atoms with Gasteiger partial charge in [0, 0.05) is 5.57 Å². The fourth-order valence-electron chi connectivity index (χ4n) is 2.30. The van der Waals surface area contributed by atoms with Gasteiger partial charge in [0.2, 0.25) is 5.03 Å². The summed E-state index contributed by atoms with van der Waals surface area (Å²) < 4.78 is 0. The van der Waals surface area contributed by atoms with Crippen LogP contribution in [0.25, 0.3) is 0 Å². The highest BCUT2D eigenvalue weighted by Crippen LogP contribution is 2.58. The van der Waals surface area contributed by atoms with Crippen molar-refractivity contribution in [3.8, 4) is 0 Å². The van der Waals surface area contributed by atoms with Gasteiger partial charge in [0.05, 0.1) is 0 Å². The van der Waals surface area contributed by atoms with Crippen LogP contribution in [-0.4, -0.2) is 0 Å². The molecule has 2 aliphatic carbocycles. The summed E-state index contributed by atoms with van der Waals surface area (Å²) in [6.45, 7) is 6.94. The van der Waals surface area contributed by atoms with Crippen LogP contribution in [-0.2, 0) is 0 Å². The van der Waals surface area contributed by atoms with E-state index in [0.29, 0.717) is 5.41 Å². The number of allylic oxidation sites excluding steroid dienone is 4. The zero-order valence-corrected chi connectivity index (χ0v) is 9.50. The zero-order chi connectivity index (χ0) is 9.64. The van der Waals surface area contributed by atoms with Crippen LogP contribution in [0.3, 0.4) is 0 Å². The summed E-state index contributed by atoms with van der Waals surface area (Å²) in [4.78, 5) is 0. The van der Waals surface area contributed by atoms with E-state index in [1.807, 2.05) is 0 Å². The maximum atomic E-state index is 5.41. The summed E-state index contributed by atoms with van der Waals surface area (Å²) in [5, 5.41) is 1.14. The lowest BCUT2D eigenvalue weighted by molar-refractivity contribution is -0.299. The maximum absolute atomic E-state index is 5.41. The average molecular weight is 198 g/mol. The van der Waals surface area contributed by atoms with Gasteiger partial charge in [-0.2, -0.15) is 0 Å². The first-order chi connectivity index (χ1) is 6.02. The molecule has 0 nitrogen and oxygen atoms in total. The van der Waals surface area contributed by atoms with Crippen molar-refractivity contribution in [3.05, 3.63) is 22.3 Å². The Morgan fingerprint density at radius 1 is 1.46 bits per heavy atom. The van der Waals surface area contributed by atoms with Gasteiger partial charge in [-0.15, -0.1) is 0 Å². The predicted molar refractivity (Wildman–Crippen MR) is 53.3 cm³/mol. The summed E-state index contributed by atoms with van der Waals surface area (Å²) in [7, 11) is 0. The third kappa shape index (κ3) is 1.57. The monoisotopic (exact) mass is 197 g/mol. The van der Waals surface area contributed by atoms with E-state index in [9.17, 15) is 0 Å². The van der Waals surface area contributed by atoms with Crippen molar-refractivity contribution in [2.24, 2.45) is 11.3 Å². The molecule has 0 saturated heterocycles. The Morgan fingerprint density at radius 3 is 2.54 bits per heavy atom. The van der Waals surface area contributed by atoms with E-state index in [-0.39, 0.29) is 0 Å². The average Bonchev–Trinajstić information content (AvgIpc) is 2.59. The molecule has 1 heteroatoms. The standard InChI is InChI=1S/C12H18Cl/c1-8-5-4-6-10(13)11(8)9-7-12(9,2)3/h6,9,13H,4-5,7H2,1-3H3/q+1/t9-/m0/s1.